The smallest absolute Gasteiger partial charge is 0.345 e. The second-order valence-corrected chi connectivity index (χ2v) is 5.04. The van der Waals surface area contributed by atoms with Crippen LogP contribution < -0.4 is 5.32 Å². The number of ether oxygens (including phenoxy) is 1. The summed E-state index contributed by atoms with van der Waals surface area (Å²) < 4.78 is 5.10. The molecule has 1 atom stereocenters. The van der Waals surface area contributed by atoms with Gasteiger partial charge in [0.05, 0.1) is 4.92 Å². The van der Waals surface area contributed by atoms with Crippen molar-refractivity contribution in [2.45, 2.75) is 25.4 Å². The number of nitrogens with zero attached hydrogens (tertiary/aromatic N) is 1. The minimum atomic E-state index is -0.921. The van der Waals surface area contributed by atoms with Crippen LogP contribution >= 0.6 is 11.6 Å². The van der Waals surface area contributed by atoms with Crippen molar-refractivity contribution in [2.75, 3.05) is 6.54 Å². The van der Waals surface area contributed by atoms with Crippen LogP contribution in [0.1, 0.15) is 29.6 Å². The average molecular weight is 313 g/mol. The topological polar surface area (TPSA) is 98.5 Å². The predicted octanol–water partition coefficient (Wildman–Crippen LogP) is 2.07. The lowest BCUT2D eigenvalue weighted by Crippen LogP contribution is -2.36. The van der Waals surface area contributed by atoms with E-state index in [9.17, 15) is 19.7 Å². The molecule has 0 unspecified atom stereocenters. The number of rotatable bonds is 3. The number of hydrogen-bond donors (Lipinski definition) is 1. The van der Waals surface area contributed by atoms with Crippen molar-refractivity contribution in [1.29, 1.82) is 0 Å². The van der Waals surface area contributed by atoms with Gasteiger partial charge < -0.3 is 10.1 Å². The fraction of sp³-hybridized carbons (Fsp3) is 0.385. The number of amides is 1. The summed E-state index contributed by atoms with van der Waals surface area (Å²) in [6, 6.07) is 3.65. The summed E-state index contributed by atoms with van der Waals surface area (Å²) in [6.45, 7) is 0.536. The highest BCUT2D eigenvalue weighted by Gasteiger charge is 2.28. The zero-order valence-electron chi connectivity index (χ0n) is 11.0. The molecule has 2 rings (SSSR count). The van der Waals surface area contributed by atoms with E-state index < -0.39 is 22.7 Å². The molecule has 1 aromatic carbocycles. The van der Waals surface area contributed by atoms with Crippen LogP contribution in [0.3, 0.4) is 0 Å². The number of nitro groups is 1. The molecule has 112 valence electrons. The van der Waals surface area contributed by atoms with Crippen LogP contribution in [0.15, 0.2) is 18.2 Å². The molecule has 0 spiro atoms. The molecule has 1 fully saturated rings. The van der Waals surface area contributed by atoms with Crippen molar-refractivity contribution >= 4 is 29.2 Å². The molecule has 1 aromatic rings. The molecule has 1 N–H and O–H groups in total. The predicted molar refractivity (Wildman–Crippen MR) is 74.2 cm³/mol. The first-order valence-electron chi connectivity index (χ1n) is 6.41. The van der Waals surface area contributed by atoms with E-state index in [1.165, 1.54) is 12.1 Å². The Bertz CT molecular complexity index is 590. The molecule has 1 aliphatic heterocycles. The zero-order valence-corrected chi connectivity index (χ0v) is 11.8. The van der Waals surface area contributed by atoms with Crippen molar-refractivity contribution in [3.8, 4) is 0 Å². The zero-order chi connectivity index (χ0) is 15.4. The molecule has 7 nitrogen and oxygen atoms in total. The van der Waals surface area contributed by atoms with E-state index in [1.54, 1.807) is 0 Å². The van der Waals surface area contributed by atoms with E-state index in [-0.39, 0.29) is 16.5 Å². The van der Waals surface area contributed by atoms with Crippen LogP contribution in [-0.4, -0.2) is 29.4 Å². The minimum absolute atomic E-state index is 0.144. The van der Waals surface area contributed by atoms with Gasteiger partial charge in [-0.1, -0.05) is 11.6 Å². The summed E-state index contributed by atoms with van der Waals surface area (Å²) in [5.41, 5.74) is -0.664. The Morgan fingerprint density at radius 3 is 2.90 bits per heavy atom. The van der Waals surface area contributed by atoms with E-state index in [2.05, 4.69) is 5.32 Å². The molecule has 21 heavy (non-hydrogen) atoms. The maximum absolute atomic E-state index is 12.1. The summed E-state index contributed by atoms with van der Waals surface area (Å²) in [6.07, 6.45) is 1.02. The van der Waals surface area contributed by atoms with Crippen LogP contribution in [0.2, 0.25) is 5.02 Å². The van der Waals surface area contributed by atoms with Gasteiger partial charge in [-0.2, -0.15) is 0 Å². The monoisotopic (exact) mass is 312 g/mol. The average Bonchev–Trinajstić information content (AvgIpc) is 2.64. The molecule has 1 amide bonds. The van der Waals surface area contributed by atoms with Crippen LogP contribution in [0.25, 0.3) is 0 Å². The number of benzene rings is 1. The largest absolute Gasteiger partial charge is 0.448 e. The van der Waals surface area contributed by atoms with E-state index in [0.29, 0.717) is 13.0 Å². The molecular weight excluding hydrogens is 300 g/mol. The Balaban J connectivity index is 2.20. The Morgan fingerprint density at radius 1 is 1.43 bits per heavy atom. The third-order valence-electron chi connectivity index (χ3n) is 3.11. The highest BCUT2D eigenvalue weighted by molar-refractivity contribution is 6.31. The van der Waals surface area contributed by atoms with Crippen LogP contribution in [-0.2, 0) is 9.53 Å². The molecule has 0 radical (unpaired) electrons. The molecule has 1 aliphatic rings. The third-order valence-corrected chi connectivity index (χ3v) is 3.35. The number of nitro benzene ring substituents is 1. The van der Waals surface area contributed by atoms with Gasteiger partial charge in [0, 0.05) is 17.6 Å². The summed E-state index contributed by atoms with van der Waals surface area (Å²) in [4.78, 5) is 34.0. The van der Waals surface area contributed by atoms with Gasteiger partial charge >= 0.3 is 5.97 Å². The Kier molecular flexibility index (Phi) is 4.74. The summed E-state index contributed by atoms with van der Waals surface area (Å²) >= 11 is 5.68. The molecule has 0 bridgehead atoms. The number of carbonyl (C=O) groups excluding carboxylic acids is 2. The molecule has 1 saturated heterocycles. The van der Waals surface area contributed by atoms with Crippen molar-refractivity contribution in [3.05, 3.63) is 38.9 Å². The fourth-order valence-corrected chi connectivity index (χ4v) is 2.21. The SMILES string of the molecule is O=C(O[C@@H]1CCCCNC1=O)c1ccc(Cl)cc1[N+](=O)[O-]. The second kappa shape index (κ2) is 6.53. The van der Waals surface area contributed by atoms with Crippen molar-refractivity contribution in [1.82, 2.24) is 5.32 Å². The first-order valence-corrected chi connectivity index (χ1v) is 6.79. The van der Waals surface area contributed by atoms with E-state index >= 15 is 0 Å². The summed E-state index contributed by atoms with van der Waals surface area (Å²) in [5.74, 6) is -1.28. The van der Waals surface area contributed by atoms with Crippen LogP contribution in [0.4, 0.5) is 5.69 Å². The molecule has 0 aromatic heterocycles. The number of hydrogen-bond acceptors (Lipinski definition) is 5. The van der Waals surface area contributed by atoms with Crippen molar-refractivity contribution in [2.24, 2.45) is 0 Å². The van der Waals surface area contributed by atoms with Gasteiger partial charge in [-0.05, 0) is 31.4 Å². The first-order chi connectivity index (χ1) is 9.99. The molecular formula is C13H13ClN2O5. The number of carbonyl (C=O) groups is 2. The van der Waals surface area contributed by atoms with Gasteiger partial charge in [-0.15, -0.1) is 0 Å². The minimum Gasteiger partial charge on any atom is -0.448 e. The van der Waals surface area contributed by atoms with Crippen LogP contribution in [0.5, 0.6) is 0 Å². The van der Waals surface area contributed by atoms with E-state index in [0.717, 1.165) is 18.9 Å². The standard InChI is InChI=1S/C13H13ClN2O5/c14-8-4-5-9(10(7-8)16(19)20)13(18)21-11-3-1-2-6-15-12(11)17/h4-5,7,11H,1-3,6H2,(H,15,17)/t11-/m1/s1. The molecule has 1 heterocycles. The van der Waals surface area contributed by atoms with E-state index in [4.69, 9.17) is 16.3 Å². The molecule has 8 heteroatoms. The third kappa shape index (κ3) is 3.69. The van der Waals surface area contributed by atoms with Gasteiger partial charge in [-0.25, -0.2) is 4.79 Å². The van der Waals surface area contributed by atoms with E-state index in [1.807, 2.05) is 0 Å². The van der Waals surface area contributed by atoms with Crippen molar-refractivity contribution < 1.29 is 19.2 Å². The van der Waals surface area contributed by atoms with Crippen LogP contribution in [0, 0.1) is 10.1 Å². The van der Waals surface area contributed by atoms with Gasteiger partial charge in [-0.3, -0.25) is 14.9 Å². The quantitative estimate of drug-likeness (QED) is 0.523. The molecule has 0 saturated carbocycles. The highest BCUT2D eigenvalue weighted by Crippen LogP contribution is 2.24. The Morgan fingerprint density at radius 2 is 2.19 bits per heavy atom. The van der Waals surface area contributed by atoms with Gasteiger partial charge in [0.15, 0.2) is 6.10 Å². The van der Waals surface area contributed by atoms with Gasteiger partial charge in [0.1, 0.15) is 5.56 Å². The number of esters is 1. The Hall–Kier alpha value is -2.15. The lowest BCUT2D eigenvalue weighted by atomic mass is 10.1. The lowest BCUT2D eigenvalue weighted by Gasteiger charge is -2.14. The number of halogens is 1. The lowest BCUT2D eigenvalue weighted by molar-refractivity contribution is -0.385. The fourth-order valence-electron chi connectivity index (χ4n) is 2.04. The number of nitrogens with one attached hydrogen (secondary N) is 1. The van der Waals surface area contributed by atoms with Gasteiger partial charge in [0.2, 0.25) is 0 Å². The maximum atomic E-state index is 12.1. The first kappa shape index (κ1) is 15.2. The Labute approximate surface area is 125 Å². The summed E-state index contributed by atoms with van der Waals surface area (Å²) in [5, 5.41) is 13.7. The maximum Gasteiger partial charge on any atom is 0.345 e. The van der Waals surface area contributed by atoms with Gasteiger partial charge in [0.25, 0.3) is 11.6 Å². The van der Waals surface area contributed by atoms with Crippen molar-refractivity contribution in [3.63, 3.8) is 0 Å². The molecule has 0 aliphatic carbocycles. The highest BCUT2D eigenvalue weighted by atomic mass is 35.5. The normalized spacial score (nSPS) is 18.5. The summed E-state index contributed by atoms with van der Waals surface area (Å²) in [7, 11) is 0. The second-order valence-electron chi connectivity index (χ2n) is 4.60.